The molecule has 4 nitrogen and oxygen atoms in total. The van der Waals surface area contributed by atoms with Gasteiger partial charge in [-0.05, 0) is 56.2 Å². The molecule has 0 amide bonds. The number of halogens is 1. The van der Waals surface area contributed by atoms with Crippen LogP contribution in [0.4, 0.5) is 0 Å². The fourth-order valence-electron chi connectivity index (χ4n) is 3.26. The maximum Gasteiger partial charge on any atom is 0.196 e. The number of carbonyl (C=O) groups is 1. The number of benzene rings is 2. The van der Waals surface area contributed by atoms with Gasteiger partial charge in [-0.25, -0.2) is 0 Å². The lowest BCUT2D eigenvalue weighted by molar-refractivity contribution is -0.119. The van der Waals surface area contributed by atoms with E-state index in [0.717, 1.165) is 41.5 Å². The third-order valence-electron chi connectivity index (χ3n) is 4.77. The Kier molecular flexibility index (Phi) is 5.32. The summed E-state index contributed by atoms with van der Waals surface area (Å²) in [6.07, 6.45) is 3.66. The van der Waals surface area contributed by atoms with Crippen LogP contribution in [0.25, 0.3) is 17.1 Å². The van der Waals surface area contributed by atoms with Crippen LogP contribution in [0.15, 0.2) is 53.7 Å². The second kappa shape index (κ2) is 7.87. The molecule has 1 atom stereocenters. The normalized spacial score (nSPS) is 17.3. The van der Waals surface area contributed by atoms with Crippen molar-refractivity contribution in [2.24, 2.45) is 0 Å². The average Bonchev–Trinajstić information content (AvgIpc) is 3.08. The number of ketones is 1. The quantitative estimate of drug-likeness (QED) is 0.583. The fraction of sp³-hybridized carbons (Fsp3) is 0.286. The smallest absolute Gasteiger partial charge is 0.196 e. The first-order valence-corrected chi connectivity index (χ1v) is 10.4. The van der Waals surface area contributed by atoms with Gasteiger partial charge in [0.1, 0.15) is 5.78 Å². The van der Waals surface area contributed by atoms with Crippen molar-refractivity contribution in [3.05, 3.63) is 59.1 Å². The maximum atomic E-state index is 12.3. The number of aromatic nitrogens is 3. The Labute approximate surface area is 168 Å². The van der Waals surface area contributed by atoms with Gasteiger partial charge in [0.05, 0.1) is 5.25 Å². The van der Waals surface area contributed by atoms with Crippen molar-refractivity contribution in [2.75, 3.05) is 0 Å². The molecule has 1 saturated carbocycles. The minimum absolute atomic E-state index is 0.0368. The predicted molar refractivity (Wildman–Crippen MR) is 110 cm³/mol. The van der Waals surface area contributed by atoms with Crippen molar-refractivity contribution in [2.45, 2.75) is 43.0 Å². The number of aryl methyl sites for hydroxylation is 1. The summed E-state index contributed by atoms with van der Waals surface area (Å²) >= 11 is 7.57. The lowest BCUT2D eigenvalue weighted by Gasteiger charge is -2.20. The molecule has 138 valence electrons. The molecule has 0 bridgehead atoms. The predicted octanol–water partition coefficient (Wildman–Crippen LogP) is 5.50. The van der Waals surface area contributed by atoms with Crippen LogP contribution in [0.1, 0.15) is 31.2 Å². The van der Waals surface area contributed by atoms with Crippen LogP contribution in [0.5, 0.6) is 0 Å². The fourth-order valence-corrected chi connectivity index (χ4v) is 4.56. The zero-order valence-electron chi connectivity index (χ0n) is 15.1. The summed E-state index contributed by atoms with van der Waals surface area (Å²) in [5.74, 6) is 1.07. The van der Waals surface area contributed by atoms with Gasteiger partial charge < -0.3 is 0 Å². The summed E-state index contributed by atoms with van der Waals surface area (Å²) in [7, 11) is 0. The lowest BCUT2D eigenvalue weighted by atomic mass is 9.99. The highest BCUT2D eigenvalue weighted by molar-refractivity contribution is 8.00. The molecule has 0 N–H and O–H groups in total. The van der Waals surface area contributed by atoms with E-state index >= 15 is 0 Å². The van der Waals surface area contributed by atoms with Crippen LogP contribution in [0.2, 0.25) is 5.02 Å². The van der Waals surface area contributed by atoms with E-state index in [1.54, 1.807) is 0 Å². The SMILES string of the molecule is Cc1ccc(-n2c(SC3CCCCC3=O)nnc2-c2ccc(Cl)cc2)cc1. The maximum absolute atomic E-state index is 12.3. The molecule has 0 aliphatic heterocycles. The van der Waals surface area contributed by atoms with Gasteiger partial charge in [-0.3, -0.25) is 9.36 Å². The van der Waals surface area contributed by atoms with E-state index in [1.165, 1.54) is 17.3 Å². The Morgan fingerprint density at radius 3 is 2.48 bits per heavy atom. The molecule has 1 aromatic heterocycles. The third kappa shape index (κ3) is 3.94. The minimum atomic E-state index is -0.0368. The molecule has 27 heavy (non-hydrogen) atoms. The summed E-state index contributed by atoms with van der Waals surface area (Å²) in [4.78, 5) is 12.3. The van der Waals surface area contributed by atoms with Gasteiger partial charge in [0.25, 0.3) is 0 Å². The number of Topliss-reactive ketones (excluding diaryl/α,β-unsaturated/α-hetero) is 1. The molecule has 0 saturated heterocycles. The topological polar surface area (TPSA) is 47.8 Å². The molecular weight excluding hydrogens is 378 g/mol. The molecule has 2 aromatic carbocycles. The molecule has 0 spiro atoms. The summed E-state index contributed by atoms with van der Waals surface area (Å²) in [6, 6.07) is 15.8. The second-order valence-electron chi connectivity index (χ2n) is 6.80. The Balaban J connectivity index is 1.77. The van der Waals surface area contributed by atoms with Gasteiger partial charge in [0.2, 0.25) is 0 Å². The average molecular weight is 398 g/mol. The van der Waals surface area contributed by atoms with E-state index in [2.05, 4.69) is 41.4 Å². The lowest BCUT2D eigenvalue weighted by Crippen LogP contribution is -2.21. The largest absolute Gasteiger partial charge is 0.298 e. The monoisotopic (exact) mass is 397 g/mol. The van der Waals surface area contributed by atoms with Gasteiger partial charge in [-0.15, -0.1) is 10.2 Å². The second-order valence-corrected chi connectivity index (χ2v) is 8.41. The number of rotatable bonds is 4. The Morgan fingerprint density at radius 2 is 1.78 bits per heavy atom. The molecule has 1 aliphatic carbocycles. The number of nitrogens with zero attached hydrogens (tertiary/aromatic N) is 3. The van der Waals surface area contributed by atoms with E-state index in [-0.39, 0.29) is 5.25 Å². The Bertz CT molecular complexity index is 951. The van der Waals surface area contributed by atoms with Gasteiger partial charge in [0, 0.05) is 22.7 Å². The van der Waals surface area contributed by atoms with Crippen molar-refractivity contribution < 1.29 is 4.79 Å². The number of hydrogen-bond acceptors (Lipinski definition) is 4. The first kappa shape index (κ1) is 18.3. The summed E-state index contributed by atoms with van der Waals surface area (Å²) < 4.78 is 2.04. The zero-order chi connectivity index (χ0) is 18.8. The first-order chi connectivity index (χ1) is 13.1. The van der Waals surface area contributed by atoms with Gasteiger partial charge in [-0.2, -0.15) is 0 Å². The molecule has 1 unspecified atom stereocenters. The summed E-state index contributed by atoms with van der Waals surface area (Å²) in [5, 5.41) is 10.3. The van der Waals surface area contributed by atoms with Crippen molar-refractivity contribution >= 4 is 29.1 Å². The van der Waals surface area contributed by atoms with Crippen LogP contribution in [0.3, 0.4) is 0 Å². The molecule has 6 heteroatoms. The summed E-state index contributed by atoms with van der Waals surface area (Å²) in [6.45, 7) is 2.06. The number of carbonyl (C=O) groups excluding carboxylic acids is 1. The van der Waals surface area contributed by atoms with E-state index in [0.29, 0.717) is 17.2 Å². The number of hydrogen-bond donors (Lipinski definition) is 0. The molecule has 0 radical (unpaired) electrons. The van der Waals surface area contributed by atoms with Crippen molar-refractivity contribution in [1.29, 1.82) is 0 Å². The minimum Gasteiger partial charge on any atom is -0.298 e. The Morgan fingerprint density at radius 1 is 1.04 bits per heavy atom. The molecule has 3 aromatic rings. The van der Waals surface area contributed by atoms with E-state index < -0.39 is 0 Å². The zero-order valence-corrected chi connectivity index (χ0v) is 16.6. The van der Waals surface area contributed by atoms with E-state index in [9.17, 15) is 4.79 Å². The van der Waals surface area contributed by atoms with Crippen LogP contribution in [-0.4, -0.2) is 25.8 Å². The highest BCUT2D eigenvalue weighted by atomic mass is 35.5. The van der Waals surface area contributed by atoms with Gasteiger partial charge in [0.15, 0.2) is 11.0 Å². The standard InChI is InChI=1S/C21H20ClN3OS/c1-14-6-12-17(13-7-14)25-20(15-8-10-16(22)11-9-15)23-24-21(25)27-19-5-3-2-4-18(19)26/h6-13,19H,2-5H2,1H3. The highest BCUT2D eigenvalue weighted by Gasteiger charge is 2.26. The van der Waals surface area contributed by atoms with Crippen molar-refractivity contribution in [3.63, 3.8) is 0 Å². The number of thioether (sulfide) groups is 1. The molecule has 4 rings (SSSR count). The molecule has 1 heterocycles. The van der Waals surface area contributed by atoms with Crippen LogP contribution in [0, 0.1) is 6.92 Å². The van der Waals surface area contributed by atoms with E-state index in [1.807, 2.05) is 28.8 Å². The van der Waals surface area contributed by atoms with Crippen LogP contribution >= 0.6 is 23.4 Å². The van der Waals surface area contributed by atoms with Crippen molar-refractivity contribution in [1.82, 2.24) is 14.8 Å². The van der Waals surface area contributed by atoms with Crippen LogP contribution < -0.4 is 0 Å². The van der Waals surface area contributed by atoms with E-state index in [4.69, 9.17) is 11.6 Å². The van der Waals surface area contributed by atoms with Gasteiger partial charge >= 0.3 is 0 Å². The van der Waals surface area contributed by atoms with Crippen LogP contribution in [-0.2, 0) is 4.79 Å². The molecular formula is C21H20ClN3OS. The van der Waals surface area contributed by atoms with Gasteiger partial charge in [-0.1, -0.05) is 47.5 Å². The summed E-state index contributed by atoms with van der Waals surface area (Å²) in [5.41, 5.74) is 3.12. The third-order valence-corrected chi connectivity index (χ3v) is 6.28. The highest BCUT2D eigenvalue weighted by Crippen LogP contribution is 2.34. The molecule has 1 aliphatic rings. The Hall–Kier alpha value is -2.11. The van der Waals surface area contributed by atoms with Crippen molar-refractivity contribution in [3.8, 4) is 17.1 Å². The molecule has 1 fully saturated rings. The first-order valence-electron chi connectivity index (χ1n) is 9.09.